The van der Waals surface area contributed by atoms with Crippen LogP contribution in [0.5, 0.6) is 0 Å². The molecule has 1 N–H and O–H groups in total. The Morgan fingerprint density at radius 1 is 1.15 bits per heavy atom. The largest absolute Gasteiger partial charge is 0.457 e. The molecule has 0 fully saturated rings. The summed E-state index contributed by atoms with van der Waals surface area (Å²) in [5.74, 6) is -1.78. The lowest BCUT2D eigenvalue weighted by Crippen LogP contribution is -2.10. The second-order valence-electron chi connectivity index (χ2n) is 5.54. The van der Waals surface area contributed by atoms with Crippen LogP contribution in [0.2, 0.25) is 0 Å². The molecule has 0 spiro atoms. The summed E-state index contributed by atoms with van der Waals surface area (Å²) in [6, 6.07) is 11.4. The van der Waals surface area contributed by atoms with Crippen LogP contribution >= 0.6 is 0 Å². The second kappa shape index (κ2) is 7.18. The Kier molecular flexibility index (Phi) is 4.79. The van der Waals surface area contributed by atoms with E-state index in [4.69, 9.17) is 9.15 Å². The second-order valence-corrected chi connectivity index (χ2v) is 5.54. The van der Waals surface area contributed by atoms with Gasteiger partial charge in [-0.1, -0.05) is 12.1 Å². The molecule has 0 aliphatic heterocycles. The van der Waals surface area contributed by atoms with Crippen LogP contribution in [-0.4, -0.2) is 11.9 Å². The van der Waals surface area contributed by atoms with Gasteiger partial charge in [0.2, 0.25) is 5.91 Å². The smallest absolute Gasteiger partial charge is 0.341 e. The lowest BCUT2D eigenvalue weighted by Gasteiger charge is -2.09. The Labute approximate surface area is 147 Å². The quantitative estimate of drug-likeness (QED) is 0.573. The first kappa shape index (κ1) is 17.3. The molecule has 3 aromatic rings. The third-order valence-electron chi connectivity index (χ3n) is 3.60. The molecule has 0 saturated carbocycles. The molecule has 1 aromatic heterocycles. The van der Waals surface area contributed by atoms with Crippen molar-refractivity contribution in [2.45, 2.75) is 13.5 Å². The molecule has 3 rings (SSSR count). The number of rotatable bonds is 4. The summed E-state index contributed by atoms with van der Waals surface area (Å²) in [7, 11) is 0. The molecule has 0 atom stereocenters. The molecular weight excluding hydrogens is 341 g/mol. The van der Waals surface area contributed by atoms with Crippen LogP contribution < -0.4 is 10.9 Å². The fourth-order valence-corrected chi connectivity index (χ4v) is 2.48. The number of hydrogen-bond donors (Lipinski definition) is 1. The molecule has 7 heteroatoms. The van der Waals surface area contributed by atoms with E-state index in [0.717, 1.165) is 6.07 Å². The first-order valence-corrected chi connectivity index (χ1v) is 7.70. The maximum atomic E-state index is 13.6. The van der Waals surface area contributed by atoms with Crippen molar-refractivity contribution in [1.82, 2.24) is 0 Å². The summed E-state index contributed by atoms with van der Waals surface area (Å²) in [5, 5.41) is 3.13. The van der Waals surface area contributed by atoms with E-state index < -0.39 is 17.4 Å². The minimum absolute atomic E-state index is 0.187. The number of esters is 1. The van der Waals surface area contributed by atoms with Gasteiger partial charge in [0.15, 0.2) is 0 Å². The van der Waals surface area contributed by atoms with Gasteiger partial charge in [0.1, 0.15) is 18.0 Å². The Balaban J connectivity index is 1.88. The summed E-state index contributed by atoms with van der Waals surface area (Å²) < 4.78 is 23.9. The lowest BCUT2D eigenvalue weighted by molar-refractivity contribution is -0.114. The summed E-state index contributed by atoms with van der Waals surface area (Å²) in [5.41, 5.74) is 0.298. The van der Waals surface area contributed by atoms with Crippen molar-refractivity contribution in [2.75, 3.05) is 5.32 Å². The molecular formula is C19H14FNO5. The Hall–Kier alpha value is -3.48. The zero-order chi connectivity index (χ0) is 18.7. The Morgan fingerprint density at radius 3 is 2.65 bits per heavy atom. The van der Waals surface area contributed by atoms with E-state index in [1.54, 1.807) is 12.1 Å². The van der Waals surface area contributed by atoms with Gasteiger partial charge in [0.25, 0.3) is 0 Å². The van der Waals surface area contributed by atoms with Gasteiger partial charge in [0, 0.05) is 35.7 Å². The van der Waals surface area contributed by atoms with E-state index in [9.17, 15) is 18.8 Å². The molecule has 0 bridgehead atoms. The van der Waals surface area contributed by atoms with E-state index in [-0.39, 0.29) is 23.7 Å². The van der Waals surface area contributed by atoms with Crippen LogP contribution in [-0.2, 0) is 16.1 Å². The highest BCUT2D eigenvalue weighted by atomic mass is 19.1. The van der Waals surface area contributed by atoms with Crippen molar-refractivity contribution in [2.24, 2.45) is 0 Å². The van der Waals surface area contributed by atoms with Crippen LogP contribution in [0, 0.1) is 5.82 Å². The van der Waals surface area contributed by atoms with Crippen molar-refractivity contribution in [3.8, 4) is 0 Å². The average Bonchev–Trinajstić information content (AvgIpc) is 2.58. The SMILES string of the molecule is CC(=O)Nc1ccc2c(COC(=O)c3ccccc3F)cc(=O)oc2c1. The minimum atomic E-state index is -0.834. The summed E-state index contributed by atoms with van der Waals surface area (Å²) in [6.45, 7) is 1.13. The Bertz CT molecular complexity index is 1060. The third-order valence-corrected chi connectivity index (χ3v) is 3.60. The van der Waals surface area contributed by atoms with Gasteiger partial charge in [-0.2, -0.15) is 0 Å². The fraction of sp³-hybridized carbons (Fsp3) is 0.105. The van der Waals surface area contributed by atoms with Crippen LogP contribution in [0.4, 0.5) is 10.1 Å². The highest BCUT2D eigenvalue weighted by Gasteiger charge is 2.14. The molecule has 132 valence electrons. The summed E-state index contributed by atoms with van der Waals surface area (Å²) in [4.78, 5) is 34.9. The molecule has 26 heavy (non-hydrogen) atoms. The molecule has 0 aliphatic carbocycles. The average molecular weight is 355 g/mol. The zero-order valence-electron chi connectivity index (χ0n) is 13.7. The lowest BCUT2D eigenvalue weighted by atomic mass is 10.1. The van der Waals surface area contributed by atoms with E-state index in [2.05, 4.69) is 5.32 Å². The van der Waals surface area contributed by atoms with E-state index in [1.165, 1.54) is 37.3 Å². The molecule has 0 saturated heterocycles. The van der Waals surface area contributed by atoms with Crippen LogP contribution in [0.25, 0.3) is 11.0 Å². The number of carbonyl (C=O) groups is 2. The molecule has 0 unspecified atom stereocenters. The monoisotopic (exact) mass is 355 g/mol. The van der Waals surface area contributed by atoms with Crippen LogP contribution in [0.15, 0.2) is 57.7 Å². The molecule has 0 radical (unpaired) electrons. The van der Waals surface area contributed by atoms with Gasteiger partial charge in [-0.05, 0) is 24.3 Å². The molecule has 1 amide bonds. The number of fused-ring (bicyclic) bond motifs is 1. The first-order chi connectivity index (χ1) is 12.4. The summed E-state index contributed by atoms with van der Waals surface area (Å²) >= 11 is 0. The van der Waals surface area contributed by atoms with Crippen molar-refractivity contribution in [3.63, 3.8) is 0 Å². The number of halogens is 1. The van der Waals surface area contributed by atoms with Crippen molar-refractivity contribution in [3.05, 3.63) is 75.9 Å². The van der Waals surface area contributed by atoms with Gasteiger partial charge in [-0.25, -0.2) is 14.0 Å². The van der Waals surface area contributed by atoms with Crippen molar-refractivity contribution < 1.29 is 23.1 Å². The fourth-order valence-electron chi connectivity index (χ4n) is 2.48. The highest BCUT2D eigenvalue weighted by Crippen LogP contribution is 2.22. The number of amides is 1. The first-order valence-electron chi connectivity index (χ1n) is 7.70. The number of anilines is 1. The van der Waals surface area contributed by atoms with Crippen LogP contribution in [0.3, 0.4) is 0 Å². The van der Waals surface area contributed by atoms with E-state index in [0.29, 0.717) is 16.6 Å². The van der Waals surface area contributed by atoms with Gasteiger partial charge >= 0.3 is 11.6 Å². The minimum Gasteiger partial charge on any atom is -0.457 e. The van der Waals surface area contributed by atoms with Gasteiger partial charge < -0.3 is 14.5 Å². The molecule has 6 nitrogen and oxygen atoms in total. The topological polar surface area (TPSA) is 85.6 Å². The number of carbonyl (C=O) groups excluding carboxylic acids is 2. The van der Waals surface area contributed by atoms with Gasteiger partial charge in [-0.3, -0.25) is 4.79 Å². The Morgan fingerprint density at radius 2 is 1.92 bits per heavy atom. The predicted molar refractivity (Wildman–Crippen MR) is 92.3 cm³/mol. The highest BCUT2D eigenvalue weighted by molar-refractivity contribution is 5.92. The van der Waals surface area contributed by atoms with E-state index >= 15 is 0 Å². The number of ether oxygens (including phenoxy) is 1. The normalized spacial score (nSPS) is 10.5. The van der Waals surface area contributed by atoms with Crippen molar-refractivity contribution >= 4 is 28.5 Å². The van der Waals surface area contributed by atoms with Crippen molar-refractivity contribution in [1.29, 1.82) is 0 Å². The number of benzene rings is 2. The van der Waals surface area contributed by atoms with E-state index in [1.807, 2.05) is 0 Å². The molecule has 1 heterocycles. The molecule has 0 aliphatic rings. The summed E-state index contributed by atoms with van der Waals surface area (Å²) in [6.07, 6.45) is 0. The number of nitrogens with one attached hydrogen (secondary N) is 1. The standard InChI is InChI=1S/C19H14FNO5/c1-11(22)21-13-6-7-14-12(8-18(23)26-17(14)9-13)10-25-19(24)15-4-2-3-5-16(15)20/h2-9H,10H2,1H3,(H,21,22). The maximum Gasteiger partial charge on any atom is 0.341 e. The molecule has 2 aromatic carbocycles. The third kappa shape index (κ3) is 3.77. The zero-order valence-corrected chi connectivity index (χ0v) is 13.7. The maximum absolute atomic E-state index is 13.6. The van der Waals surface area contributed by atoms with Crippen LogP contribution in [0.1, 0.15) is 22.8 Å². The van der Waals surface area contributed by atoms with Gasteiger partial charge in [0.05, 0.1) is 5.56 Å². The predicted octanol–water partition coefficient (Wildman–Crippen LogP) is 3.25. The number of hydrogen-bond acceptors (Lipinski definition) is 5. The van der Waals surface area contributed by atoms with Gasteiger partial charge in [-0.15, -0.1) is 0 Å².